The van der Waals surface area contributed by atoms with Crippen LogP contribution < -0.4 is 10.6 Å². The average molecular weight is 333 g/mol. The minimum atomic E-state index is -0.318. The number of rotatable bonds is 5. The van der Waals surface area contributed by atoms with Crippen molar-refractivity contribution in [3.05, 3.63) is 11.8 Å². The molecule has 1 fully saturated rings. The first-order chi connectivity index (χ1) is 10.0. The second-order valence-corrected chi connectivity index (χ2v) is 5.02. The van der Waals surface area contributed by atoms with E-state index in [9.17, 15) is 9.59 Å². The minimum Gasteiger partial charge on any atom is -0.375 e. The quantitative estimate of drug-likeness (QED) is 0.798. The van der Waals surface area contributed by atoms with Crippen LogP contribution in [0.1, 0.15) is 12.2 Å². The average Bonchev–Trinajstić information content (AvgIpc) is 2.84. The number of halogens is 1. The van der Waals surface area contributed by atoms with Crippen molar-refractivity contribution in [2.45, 2.75) is 19.4 Å². The van der Waals surface area contributed by atoms with Crippen molar-refractivity contribution in [3.63, 3.8) is 0 Å². The zero-order valence-corrected chi connectivity index (χ0v) is 13.4. The van der Waals surface area contributed by atoms with Gasteiger partial charge in [-0.1, -0.05) is 5.16 Å². The third-order valence-electron chi connectivity index (χ3n) is 3.11. The fourth-order valence-corrected chi connectivity index (χ4v) is 2.01. The molecule has 1 atom stereocenters. The van der Waals surface area contributed by atoms with Gasteiger partial charge in [-0.2, -0.15) is 0 Å². The standard InChI is InChI=1S/C13H20N4O4.ClH/c1-9-5-11(16-21-9)15-12(18)8-17(2)13(19)6-10-7-14-3-4-20-10;/h5,10,14H,3-4,6-8H2,1-2H3,(H,15,16,18);1H. The summed E-state index contributed by atoms with van der Waals surface area (Å²) in [5, 5.41) is 9.39. The zero-order chi connectivity index (χ0) is 15.2. The van der Waals surface area contributed by atoms with Crippen LogP contribution in [0.5, 0.6) is 0 Å². The van der Waals surface area contributed by atoms with Gasteiger partial charge in [0.25, 0.3) is 0 Å². The van der Waals surface area contributed by atoms with Gasteiger partial charge < -0.3 is 24.8 Å². The van der Waals surface area contributed by atoms with Gasteiger partial charge in [0.05, 0.1) is 25.7 Å². The minimum absolute atomic E-state index is 0. The monoisotopic (exact) mass is 332 g/mol. The molecule has 0 bridgehead atoms. The molecule has 22 heavy (non-hydrogen) atoms. The Morgan fingerprint density at radius 3 is 2.91 bits per heavy atom. The second kappa shape index (κ2) is 8.72. The van der Waals surface area contributed by atoms with Crippen molar-refractivity contribution in [1.29, 1.82) is 0 Å². The number of nitrogens with zero attached hydrogens (tertiary/aromatic N) is 2. The molecule has 0 aromatic carbocycles. The fraction of sp³-hybridized carbons (Fsp3) is 0.615. The van der Waals surface area contributed by atoms with Crippen LogP contribution in [0, 0.1) is 6.92 Å². The van der Waals surface area contributed by atoms with Gasteiger partial charge in [-0.25, -0.2) is 0 Å². The van der Waals surface area contributed by atoms with Crippen LogP contribution in [-0.4, -0.2) is 61.3 Å². The van der Waals surface area contributed by atoms with Crippen molar-refractivity contribution < 1.29 is 18.8 Å². The van der Waals surface area contributed by atoms with Gasteiger partial charge in [-0.05, 0) is 6.92 Å². The van der Waals surface area contributed by atoms with E-state index in [1.54, 1.807) is 20.0 Å². The van der Waals surface area contributed by atoms with Gasteiger partial charge >= 0.3 is 0 Å². The molecule has 1 unspecified atom stereocenters. The summed E-state index contributed by atoms with van der Waals surface area (Å²) in [5.41, 5.74) is 0. The van der Waals surface area contributed by atoms with Crippen molar-refractivity contribution in [3.8, 4) is 0 Å². The van der Waals surface area contributed by atoms with E-state index in [0.29, 0.717) is 24.7 Å². The van der Waals surface area contributed by atoms with Crippen molar-refractivity contribution in [2.24, 2.45) is 0 Å². The Hall–Kier alpha value is -1.64. The molecule has 9 heteroatoms. The predicted octanol–water partition coefficient (Wildman–Crippen LogP) is 0.180. The largest absolute Gasteiger partial charge is 0.375 e. The summed E-state index contributed by atoms with van der Waals surface area (Å²) in [6.07, 6.45) is 0.134. The summed E-state index contributed by atoms with van der Waals surface area (Å²) in [4.78, 5) is 25.2. The first-order valence-electron chi connectivity index (χ1n) is 6.84. The molecule has 0 radical (unpaired) electrons. The molecule has 124 valence electrons. The number of morpholine rings is 1. The maximum atomic E-state index is 12.0. The Balaban J connectivity index is 0.00000242. The molecule has 1 aliphatic heterocycles. The molecule has 1 saturated heterocycles. The molecule has 1 aromatic heterocycles. The summed E-state index contributed by atoms with van der Waals surface area (Å²) >= 11 is 0. The summed E-state index contributed by atoms with van der Waals surface area (Å²) in [7, 11) is 1.59. The van der Waals surface area contributed by atoms with E-state index < -0.39 is 0 Å². The van der Waals surface area contributed by atoms with Crippen LogP contribution in [0.15, 0.2) is 10.6 Å². The van der Waals surface area contributed by atoms with E-state index in [0.717, 1.165) is 6.54 Å². The highest BCUT2D eigenvalue weighted by Crippen LogP contribution is 2.07. The summed E-state index contributed by atoms with van der Waals surface area (Å²) < 4.78 is 10.3. The number of aromatic nitrogens is 1. The number of carbonyl (C=O) groups is 2. The molecular formula is C13H21ClN4O4. The van der Waals surface area contributed by atoms with Gasteiger partial charge in [0.1, 0.15) is 5.76 Å². The fourth-order valence-electron chi connectivity index (χ4n) is 2.01. The first-order valence-corrected chi connectivity index (χ1v) is 6.84. The van der Waals surface area contributed by atoms with Crippen molar-refractivity contribution >= 4 is 30.0 Å². The van der Waals surface area contributed by atoms with E-state index in [-0.39, 0.29) is 43.3 Å². The van der Waals surface area contributed by atoms with E-state index >= 15 is 0 Å². The van der Waals surface area contributed by atoms with Crippen LogP contribution >= 0.6 is 12.4 Å². The maximum Gasteiger partial charge on any atom is 0.245 e. The van der Waals surface area contributed by atoms with E-state index in [2.05, 4.69) is 15.8 Å². The number of anilines is 1. The van der Waals surface area contributed by atoms with Gasteiger partial charge in [0.2, 0.25) is 11.8 Å². The lowest BCUT2D eigenvalue weighted by Gasteiger charge is -2.25. The van der Waals surface area contributed by atoms with Crippen molar-refractivity contribution in [2.75, 3.05) is 38.6 Å². The number of ether oxygens (including phenoxy) is 1. The number of carbonyl (C=O) groups excluding carboxylic acids is 2. The maximum absolute atomic E-state index is 12.0. The lowest BCUT2D eigenvalue weighted by Crippen LogP contribution is -2.43. The van der Waals surface area contributed by atoms with E-state index in [4.69, 9.17) is 9.26 Å². The molecule has 2 heterocycles. The van der Waals surface area contributed by atoms with Crippen LogP contribution in [0.4, 0.5) is 5.82 Å². The Bertz CT molecular complexity index is 502. The zero-order valence-electron chi connectivity index (χ0n) is 12.6. The van der Waals surface area contributed by atoms with Gasteiger partial charge in [-0.3, -0.25) is 9.59 Å². The normalized spacial score (nSPS) is 17.5. The van der Waals surface area contributed by atoms with Gasteiger partial charge in [0, 0.05) is 26.2 Å². The van der Waals surface area contributed by atoms with E-state index in [1.165, 1.54) is 4.90 Å². The number of amides is 2. The molecule has 1 aromatic rings. The highest BCUT2D eigenvalue weighted by Gasteiger charge is 2.21. The Labute approximate surface area is 134 Å². The second-order valence-electron chi connectivity index (χ2n) is 5.02. The van der Waals surface area contributed by atoms with Gasteiger partial charge in [0.15, 0.2) is 5.82 Å². The first kappa shape index (κ1) is 18.4. The highest BCUT2D eigenvalue weighted by molar-refractivity contribution is 5.93. The molecule has 0 spiro atoms. The summed E-state index contributed by atoms with van der Waals surface area (Å²) in [6.45, 7) is 3.76. The number of nitrogens with one attached hydrogen (secondary N) is 2. The third-order valence-corrected chi connectivity index (χ3v) is 3.11. The van der Waals surface area contributed by atoms with Crippen LogP contribution in [0.2, 0.25) is 0 Å². The number of hydrogen-bond acceptors (Lipinski definition) is 6. The SMILES string of the molecule is Cc1cc(NC(=O)CN(C)C(=O)CC2CNCCO2)no1.Cl. The lowest BCUT2D eigenvalue weighted by molar-refractivity contribution is -0.136. The number of likely N-dealkylation sites (N-methyl/N-ethyl adjacent to an activating group) is 1. The third kappa shape index (κ3) is 5.63. The molecule has 2 rings (SSSR count). The topological polar surface area (TPSA) is 96.7 Å². The molecule has 2 amide bonds. The molecule has 1 aliphatic rings. The summed E-state index contributed by atoms with van der Waals surface area (Å²) in [5.74, 6) is 0.506. The Kier molecular flexibility index (Phi) is 7.30. The predicted molar refractivity (Wildman–Crippen MR) is 82.0 cm³/mol. The molecular weight excluding hydrogens is 312 g/mol. The highest BCUT2D eigenvalue weighted by atomic mass is 35.5. The lowest BCUT2D eigenvalue weighted by atomic mass is 10.2. The Morgan fingerprint density at radius 1 is 1.55 bits per heavy atom. The van der Waals surface area contributed by atoms with Crippen LogP contribution in [-0.2, 0) is 14.3 Å². The molecule has 0 saturated carbocycles. The van der Waals surface area contributed by atoms with Crippen LogP contribution in [0.3, 0.4) is 0 Å². The molecule has 2 N–H and O–H groups in total. The number of hydrogen-bond donors (Lipinski definition) is 2. The Morgan fingerprint density at radius 2 is 2.32 bits per heavy atom. The number of aryl methyl sites for hydroxylation is 1. The van der Waals surface area contributed by atoms with Crippen LogP contribution in [0.25, 0.3) is 0 Å². The van der Waals surface area contributed by atoms with Crippen molar-refractivity contribution in [1.82, 2.24) is 15.4 Å². The smallest absolute Gasteiger partial charge is 0.245 e. The van der Waals surface area contributed by atoms with Gasteiger partial charge in [-0.15, -0.1) is 12.4 Å². The van der Waals surface area contributed by atoms with E-state index in [1.807, 2.05) is 0 Å². The molecule has 0 aliphatic carbocycles. The molecule has 8 nitrogen and oxygen atoms in total. The summed E-state index contributed by atoms with van der Waals surface area (Å²) in [6, 6.07) is 1.61.